The fourth-order valence-corrected chi connectivity index (χ4v) is 2.31. The van der Waals surface area contributed by atoms with Gasteiger partial charge in [-0.1, -0.05) is 6.92 Å². The Balaban J connectivity index is 2.16. The van der Waals surface area contributed by atoms with Crippen LogP contribution in [0.3, 0.4) is 0 Å². The van der Waals surface area contributed by atoms with Crippen LogP contribution in [0.4, 0.5) is 0 Å². The smallest absolute Gasteiger partial charge is 0.257 e. The molecule has 1 amide bonds. The van der Waals surface area contributed by atoms with E-state index in [0.29, 0.717) is 18.0 Å². The molecule has 1 aromatic heterocycles. The molecule has 3 N–H and O–H groups in total. The Labute approximate surface area is 101 Å². The Morgan fingerprint density at radius 2 is 2.24 bits per heavy atom. The summed E-state index contributed by atoms with van der Waals surface area (Å²) >= 11 is 0. The van der Waals surface area contributed by atoms with E-state index in [1.807, 2.05) is 18.7 Å². The van der Waals surface area contributed by atoms with Gasteiger partial charge < -0.3 is 10.6 Å². The predicted octanol–water partition coefficient (Wildman–Crippen LogP) is 0.836. The van der Waals surface area contributed by atoms with E-state index in [4.69, 9.17) is 5.73 Å². The topological polar surface area (TPSA) is 75.0 Å². The Morgan fingerprint density at radius 1 is 1.53 bits per heavy atom. The summed E-state index contributed by atoms with van der Waals surface area (Å²) in [6.45, 7) is 7.30. The van der Waals surface area contributed by atoms with E-state index in [2.05, 4.69) is 17.1 Å². The monoisotopic (exact) mass is 236 g/mol. The molecule has 2 unspecified atom stereocenters. The lowest BCUT2D eigenvalue weighted by atomic mass is 9.94. The number of amides is 1. The summed E-state index contributed by atoms with van der Waals surface area (Å²) in [4.78, 5) is 14.2. The third-order valence-corrected chi connectivity index (χ3v) is 3.65. The van der Waals surface area contributed by atoms with E-state index in [0.717, 1.165) is 24.4 Å². The van der Waals surface area contributed by atoms with Crippen LogP contribution in [0.5, 0.6) is 0 Å². The Bertz CT molecular complexity index is 407. The fraction of sp³-hybridized carbons (Fsp3) is 0.667. The van der Waals surface area contributed by atoms with Crippen LogP contribution in [0.25, 0.3) is 0 Å². The Morgan fingerprint density at radius 3 is 2.76 bits per heavy atom. The molecule has 17 heavy (non-hydrogen) atoms. The summed E-state index contributed by atoms with van der Waals surface area (Å²) in [5.74, 6) is 0.543. The molecule has 0 radical (unpaired) electrons. The standard InChI is InChI=1S/C12H20N4O/c1-7-4-5-16(6-10(7)13)12(17)11-8(2)14-15-9(11)3/h7,10H,4-6,13H2,1-3H3,(H,14,15). The molecule has 94 valence electrons. The maximum Gasteiger partial charge on any atom is 0.257 e. The molecule has 5 heteroatoms. The first-order valence-corrected chi connectivity index (χ1v) is 6.07. The van der Waals surface area contributed by atoms with Crippen molar-refractivity contribution in [1.29, 1.82) is 0 Å². The van der Waals surface area contributed by atoms with Crippen LogP contribution >= 0.6 is 0 Å². The number of aryl methyl sites for hydroxylation is 2. The van der Waals surface area contributed by atoms with Gasteiger partial charge in [0.25, 0.3) is 5.91 Å². The lowest BCUT2D eigenvalue weighted by molar-refractivity contribution is 0.0671. The van der Waals surface area contributed by atoms with Crippen molar-refractivity contribution in [3.63, 3.8) is 0 Å². The van der Waals surface area contributed by atoms with E-state index >= 15 is 0 Å². The maximum absolute atomic E-state index is 12.4. The number of aromatic amines is 1. The second-order valence-electron chi connectivity index (χ2n) is 4.99. The van der Waals surface area contributed by atoms with Gasteiger partial charge in [-0.25, -0.2) is 0 Å². The lowest BCUT2D eigenvalue weighted by Gasteiger charge is -2.35. The molecule has 1 aliphatic rings. The fourth-order valence-electron chi connectivity index (χ4n) is 2.31. The summed E-state index contributed by atoms with van der Waals surface area (Å²) < 4.78 is 0. The number of carbonyl (C=O) groups is 1. The van der Waals surface area contributed by atoms with Crippen LogP contribution in [-0.4, -0.2) is 40.1 Å². The first-order chi connectivity index (χ1) is 8.00. The second-order valence-corrected chi connectivity index (χ2v) is 4.99. The largest absolute Gasteiger partial charge is 0.337 e. The first kappa shape index (κ1) is 12.1. The van der Waals surface area contributed by atoms with Gasteiger partial charge >= 0.3 is 0 Å². The van der Waals surface area contributed by atoms with Gasteiger partial charge in [-0.3, -0.25) is 9.89 Å². The van der Waals surface area contributed by atoms with Crippen molar-refractivity contribution in [1.82, 2.24) is 15.1 Å². The van der Waals surface area contributed by atoms with Crippen molar-refractivity contribution < 1.29 is 4.79 Å². The number of nitrogens with two attached hydrogens (primary N) is 1. The lowest BCUT2D eigenvalue weighted by Crippen LogP contribution is -2.49. The number of H-pyrrole nitrogens is 1. The van der Waals surface area contributed by atoms with E-state index in [1.54, 1.807) is 0 Å². The summed E-state index contributed by atoms with van der Waals surface area (Å²) in [6.07, 6.45) is 0.975. The molecule has 0 bridgehead atoms. The van der Waals surface area contributed by atoms with Gasteiger partial charge in [-0.15, -0.1) is 0 Å². The van der Waals surface area contributed by atoms with Crippen LogP contribution in [0, 0.1) is 19.8 Å². The molecule has 2 heterocycles. The first-order valence-electron chi connectivity index (χ1n) is 6.07. The van der Waals surface area contributed by atoms with Gasteiger partial charge in [0.15, 0.2) is 0 Å². The number of likely N-dealkylation sites (tertiary alicyclic amines) is 1. The molecular weight excluding hydrogens is 216 g/mol. The third kappa shape index (κ3) is 2.20. The van der Waals surface area contributed by atoms with Gasteiger partial charge in [0.2, 0.25) is 0 Å². The minimum absolute atomic E-state index is 0.0519. The van der Waals surface area contributed by atoms with Crippen LogP contribution in [-0.2, 0) is 0 Å². The highest BCUT2D eigenvalue weighted by Gasteiger charge is 2.29. The number of nitrogens with one attached hydrogen (secondary N) is 1. The average molecular weight is 236 g/mol. The zero-order valence-corrected chi connectivity index (χ0v) is 10.7. The number of carbonyl (C=O) groups excluding carboxylic acids is 1. The number of hydrogen-bond donors (Lipinski definition) is 2. The Hall–Kier alpha value is -1.36. The van der Waals surface area contributed by atoms with Crippen molar-refractivity contribution >= 4 is 5.91 Å². The summed E-state index contributed by atoms with van der Waals surface area (Å²) in [5.41, 5.74) is 8.32. The van der Waals surface area contributed by atoms with Gasteiger partial charge in [0.1, 0.15) is 0 Å². The molecule has 2 rings (SSSR count). The quantitative estimate of drug-likeness (QED) is 0.758. The van der Waals surface area contributed by atoms with Gasteiger partial charge in [-0.2, -0.15) is 5.10 Å². The zero-order chi connectivity index (χ0) is 12.6. The molecule has 0 saturated carbocycles. The summed E-state index contributed by atoms with van der Waals surface area (Å²) in [5, 5.41) is 6.91. The predicted molar refractivity (Wildman–Crippen MR) is 65.7 cm³/mol. The average Bonchev–Trinajstić information content (AvgIpc) is 2.62. The van der Waals surface area contributed by atoms with E-state index in [9.17, 15) is 4.79 Å². The van der Waals surface area contributed by atoms with Crippen molar-refractivity contribution in [3.05, 3.63) is 17.0 Å². The second kappa shape index (κ2) is 4.49. The molecule has 0 spiro atoms. The van der Waals surface area contributed by atoms with Crippen molar-refractivity contribution in [3.8, 4) is 0 Å². The number of aromatic nitrogens is 2. The van der Waals surface area contributed by atoms with Gasteiger partial charge in [0.05, 0.1) is 11.3 Å². The molecule has 1 saturated heterocycles. The number of rotatable bonds is 1. The van der Waals surface area contributed by atoms with Gasteiger partial charge in [0, 0.05) is 24.8 Å². The third-order valence-electron chi connectivity index (χ3n) is 3.65. The highest BCUT2D eigenvalue weighted by atomic mass is 16.2. The number of nitrogens with zero attached hydrogens (tertiary/aromatic N) is 2. The van der Waals surface area contributed by atoms with Crippen LogP contribution < -0.4 is 5.73 Å². The van der Waals surface area contributed by atoms with Crippen LogP contribution in [0.15, 0.2) is 0 Å². The highest BCUT2D eigenvalue weighted by Crippen LogP contribution is 2.19. The van der Waals surface area contributed by atoms with Crippen molar-refractivity contribution in [2.24, 2.45) is 11.7 Å². The van der Waals surface area contributed by atoms with E-state index < -0.39 is 0 Å². The van der Waals surface area contributed by atoms with Crippen molar-refractivity contribution in [2.45, 2.75) is 33.2 Å². The van der Waals surface area contributed by atoms with E-state index in [-0.39, 0.29) is 11.9 Å². The molecule has 1 aromatic rings. The molecule has 2 atom stereocenters. The molecular formula is C12H20N4O. The zero-order valence-electron chi connectivity index (χ0n) is 10.7. The normalized spacial score (nSPS) is 25.1. The Kier molecular flexibility index (Phi) is 3.19. The minimum Gasteiger partial charge on any atom is -0.337 e. The number of hydrogen-bond acceptors (Lipinski definition) is 3. The molecule has 1 fully saturated rings. The van der Waals surface area contributed by atoms with Crippen molar-refractivity contribution in [2.75, 3.05) is 13.1 Å². The minimum atomic E-state index is 0.0519. The molecule has 1 aliphatic heterocycles. The van der Waals surface area contributed by atoms with Gasteiger partial charge in [-0.05, 0) is 26.2 Å². The molecule has 0 aromatic carbocycles. The highest BCUT2D eigenvalue weighted by molar-refractivity contribution is 5.96. The SMILES string of the molecule is Cc1n[nH]c(C)c1C(=O)N1CCC(C)C(N)C1. The van der Waals surface area contributed by atoms with Crippen LogP contribution in [0.2, 0.25) is 0 Å². The maximum atomic E-state index is 12.4. The van der Waals surface area contributed by atoms with E-state index in [1.165, 1.54) is 0 Å². The molecule has 0 aliphatic carbocycles. The number of piperidine rings is 1. The molecule has 5 nitrogen and oxygen atoms in total. The summed E-state index contributed by atoms with van der Waals surface area (Å²) in [7, 11) is 0. The summed E-state index contributed by atoms with van der Waals surface area (Å²) in [6, 6.07) is 0.0835. The van der Waals surface area contributed by atoms with Crippen LogP contribution in [0.1, 0.15) is 35.1 Å².